The van der Waals surface area contributed by atoms with E-state index in [-0.39, 0.29) is 0 Å². The van der Waals surface area contributed by atoms with Crippen molar-refractivity contribution in [2.45, 2.75) is 104 Å². The van der Waals surface area contributed by atoms with E-state index in [9.17, 15) is 0 Å². The quantitative estimate of drug-likeness (QED) is 0.481. The molecule has 0 bridgehead atoms. The second-order valence-electron chi connectivity index (χ2n) is 11.0. The van der Waals surface area contributed by atoms with Gasteiger partial charge in [-0.1, -0.05) is 65.7 Å². The van der Waals surface area contributed by atoms with E-state index in [0.29, 0.717) is 0 Å². The number of fused-ring (bicyclic) bond motifs is 3. The molecule has 25 heavy (non-hydrogen) atoms. The van der Waals surface area contributed by atoms with Crippen molar-refractivity contribution in [2.75, 3.05) is 0 Å². The molecule has 0 spiro atoms. The summed E-state index contributed by atoms with van der Waals surface area (Å²) in [5.74, 6) is 9.65. The third-order valence-electron chi connectivity index (χ3n) is 9.58. The molecule has 4 saturated carbocycles. The van der Waals surface area contributed by atoms with Crippen LogP contribution >= 0.6 is 0 Å². The van der Waals surface area contributed by atoms with Gasteiger partial charge >= 0.3 is 0 Å². The van der Waals surface area contributed by atoms with Crippen molar-refractivity contribution in [3.63, 3.8) is 0 Å². The van der Waals surface area contributed by atoms with E-state index in [1.807, 2.05) is 0 Å². The molecule has 0 amide bonds. The van der Waals surface area contributed by atoms with Crippen LogP contribution < -0.4 is 0 Å². The Balaban J connectivity index is 1.56. The molecule has 4 fully saturated rings. The molecular formula is C25H44. The average molecular weight is 345 g/mol. The molecule has 0 heteroatoms. The summed E-state index contributed by atoms with van der Waals surface area (Å²) in [6, 6.07) is 0. The zero-order chi connectivity index (χ0) is 17.4. The molecule has 9 unspecified atom stereocenters. The Morgan fingerprint density at radius 3 is 2.16 bits per heavy atom. The third kappa shape index (κ3) is 3.84. The van der Waals surface area contributed by atoms with E-state index in [4.69, 9.17) is 0 Å². The average Bonchev–Trinajstić information content (AvgIpc) is 2.79. The molecule has 9 atom stereocenters. The predicted molar refractivity (Wildman–Crippen MR) is 108 cm³/mol. The lowest BCUT2D eigenvalue weighted by molar-refractivity contribution is 0.0734. The van der Waals surface area contributed by atoms with E-state index >= 15 is 0 Å². The van der Waals surface area contributed by atoms with E-state index in [1.54, 1.807) is 64.2 Å². The lowest BCUT2D eigenvalue weighted by Crippen LogP contribution is -2.33. The van der Waals surface area contributed by atoms with Crippen molar-refractivity contribution < 1.29 is 0 Å². The van der Waals surface area contributed by atoms with Crippen molar-refractivity contribution in [3.8, 4) is 0 Å². The van der Waals surface area contributed by atoms with Gasteiger partial charge in [-0.25, -0.2) is 0 Å². The van der Waals surface area contributed by atoms with E-state index in [1.165, 1.54) is 19.3 Å². The monoisotopic (exact) mass is 344 g/mol. The van der Waals surface area contributed by atoms with E-state index in [2.05, 4.69) is 20.8 Å². The highest BCUT2D eigenvalue weighted by Crippen LogP contribution is 2.55. The highest BCUT2D eigenvalue weighted by molar-refractivity contribution is 4.95. The second-order valence-corrected chi connectivity index (χ2v) is 11.0. The zero-order valence-electron chi connectivity index (χ0n) is 17.4. The van der Waals surface area contributed by atoms with Crippen LogP contribution in [0.5, 0.6) is 0 Å². The molecule has 0 nitrogen and oxygen atoms in total. The van der Waals surface area contributed by atoms with Crippen LogP contribution in [0.3, 0.4) is 0 Å². The molecule has 0 saturated heterocycles. The zero-order valence-corrected chi connectivity index (χ0v) is 17.4. The van der Waals surface area contributed by atoms with Crippen molar-refractivity contribution in [1.82, 2.24) is 0 Å². The summed E-state index contributed by atoms with van der Waals surface area (Å²) < 4.78 is 0. The summed E-state index contributed by atoms with van der Waals surface area (Å²) in [4.78, 5) is 0. The molecule has 0 N–H and O–H groups in total. The molecule has 144 valence electrons. The number of hydrogen-bond donors (Lipinski definition) is 0. The maximum absolute atomic E-state index is 2.60. The Hall–Kier alpha value is 0. The minimum Gasteiger partial charge on any atom is -0.0651 e. The number of rotatable bonds is 2. The van der Waals surface area contributed by atoms with Crippen LogP contribution in [0.15, 0.2) is 0 Å². The molecular weight excluding hydrogens is 300 g/mol. The normalized spacial score (nSPS) is 51.2. The van der Waals surface area contributed by atoms with Gasteiger partial charge in [-0.05, 0) is 91.8 Å². The standard InChI is InChI=1S/C25H44/c1-4-19-11-12-24-21(14-19)16-22(15-20-7-5-6-8-23(20)24)25-13-17(2)9-10-18(25)3/h17-25H,4-16H2,1-3H3. The fraction of sp³-hybridized carbons (Fsp3) is 1.00. The van der Waals surface area contributed by atoms with E-state index in [0.717, 1.165) is 53.3 Å². The molecule has 0 aliphatic heterocycles. The van der Waals surface area contributed by atoms with E-state index < -0.39 is 0 Å². The summed E-state index contributed by atoms with van der Waals surface area (Å²) in [5, 5.41) is 0. The van der Waals surface area contributed by atoms with Crippen LogP contribution in [-0.2, 0) is 0 Å². The first-order valence-corrected chi connectivity index (χ1v) is 12.2. The highest BCUT2D eigenvalue weighted by atomic mass is 14.5. The first kappa shape index (κ1) is 18.4. The van der Waals surface area contributed by atoms with Gasteiger partial charge in [-0.2, -0.15) is 0 Å². The minimum absolute atomic E-state index is 0.997. The summed E-state index contributed by atoms with van der Waals surface area (Å²) in [6.07, 6.45) is 20.3. The maximum atomic E-state index is 2.60. The van der Waals surface area contributed by atoms with Crippen LogP contribution in [0.25, 0.3) is 0 Å². The van der Waals surface area contributed by atoms with Gasteiger partial charge in [0.25, 0.3) is 0 Å². The summed E-state index contributed by atoms with van der Waals surface area (Å²) in [7, 11) is 0. The fourth-order valence-electron chi connectivity index (χ4n) is 8.14. The Morgan fingerprint density at radius 1 is 0.600 bits per heavy atom. The van der Waals surface area contributed by atoms with Crippen molar-refractivity contribution in [3.05, 3.63) is 0 Å². The van der Waals surface area contributed by atoms with Gasteiger partial charge in [0.15, 0.2) is 0 Å². The maximum Gasteiger partial charge on any atom is -0.0354 e. The van der Waals surface area contributed by atoms with Crippen LogP contribution in [0.1, 0.15) is 104 Å². The molecule has 0 aromatic rings. The Labute approximate surface area is 157 Å². The molecule has 0 radical (unpaired) electrons. The Kier molecular flexibility index (Phi) is 5.83. The minimum atomic E-state index is 0.997. The molecule has 4 rings (SSSR count). The summed E-state index contributed by atoms with van der Waals surface area (Å²) in [6.45, 7) is 7.59. The van der Waals surface area contributed by atoms with Gasteiger partial charge in [0.05, 0.1) is 0 Å². The van der Waals surface area contributed by atoms with Gasteiger partial charge < -0.3 is 0 Å². The highest BCUT2D eigenvalue weighted by Gasteiger charge is 2.45. The van der Waals surface area contributed by atoms with Gasteiger partial charge in [0.2, 0.25) is 0 Å². The molecule has 0 aromatic heterocycles. The summed E-state index contributed by atoms with van der Waals surface area (Å²) in [5.41, 5.74) is 0. The van der Waals surface area contributed by atoms with Crippen LogP contribution in [0.4, 0.5) is 0 Å². The topological polar surface area (TPSA) is 0 Å². The SMILES string of the molecule is CCC1CCC2C(C1)CC(C1CC(C)CCC1C)CC1CCCCC12. The van der Waals surface area contributed by atoms with Crippen molar-refractivity contribution >= 4 is 0 Å². The third-order valence-corrected chi connectivity index (χ3v) is 9.58. The van der Waals surface area contributed by atoms with Gasteiger partial charge in [0.1, 0.15) is 0 Å². The fourth-order valence-corrected chi connectivity index (χ4v) is 8.14. The van der Waals surface area contributed by atoms with Gasteiger partial charge in [-0.3, -0.25) is 0 Å². The molecule has 0 heterocycles. The smallest absolute Gasteiger partial charge is 0.0354 e. The second kappa shape index (κ2) is 7.93. The van der Waals surface area contributed by atoms with Crippen LogP contribution in [-0.4, -0.2) is 0 Å². The summed E-state index contributed by atoms with van der Waals surface area (Å²) >= 11 is 0. The van der Waals surface area contributed by atoms with Gasteiger partial charge in [-0.15, -0.1) is 0 Å². The number of hydrogen-bond acceptors (Lipinski definition) is 0. The molecule has 0 aromatic carbocycles. The lowest BCUT2D eigenvalue weighted by atomic mass is 9.63. The first-order chi connectivity index (χ1) is 12.2. The van der Waals surface area contributed by atoms with Crippen LogP contribution in [0.2, 0.25) is 0 Å². The van der Waals surface area contributed by atoms with Gasteiger partial charge in [0, 0.05) is 0 Å². The Morgan fingerprint density at radius 2 is 1.32 bits per heavy atom. The predicted octanol–water partition coefficient (Wildman–Crippen LogP) is 7.72. The van der Waals surface area contributed by atoms with Crippen molar-refractivity contribution in [1.29, 1.82) is 0 Å². The first-order valence-electron chi connectivity index (χ1n) is 12.2. The van der Waals surface area contributed by atoms with Crippen LogP contribution in [0, 0.1) is 53.3 Å². The molecule has 4 aliphatic carbocycles. The van der Waals surface area contributed by atoms with Crippen molar-refractivity contribution in [2.24, 2.45) is 53.3 Å². The Bertz CT molecular complexity index is 426. The lowest BCUT2D eigenvalue weighted by Gasteiger charge is -2.43. The molecule has 4 aliphatic rings. The largest absolute Gasteiger partial charge is 0.0651 e.